The van der Waals surface area contributed by atoms with E-state index in [0.29, 0.717) is 11.3 Å². The third kappa shape index (κ3) is 1.57. The minimum absolute atomic E-state index is 0.263. The van der Waals surface area contributed by atoms with E-state index >= 15 is 0 Å². The molecule has 0 aliphatic rings. The van der Waals surface area contributed by atoms with Crippen LogP contribution in [0.1, 0.15) is 11.1 Å². The van der Waals surface area contributed by atoms with Crippen molar-refractivity contribution >= 4 is 5.65 Å². The molecule has 2 heterocycles. The van der Waals surface area contributed by atoms with E-state index in [4.69, 9.17) is 0 Å². The van der Waals surface area contributed by atoms with Crippen molar-refractivity contribution < 1.29 is 4.39 Å². The first-order valence-corrected chi connectivity index (χ1v) is 5.73. The maximum absolute atomic E-state index is 13.8. The largest absolute Gasteiger partial charge is 0.236 e. The van der Waals surface area contributed by atoms with Gasteiger partial charge >= 0.3 is 0 Å². The second-order valence-electron chi connectivity index (χ2n) is 4.35. The van der Waals surface area contributed by atoms with Gasteiger partial charge in [-0.1, -0.05) is 12.1 Å². The van der Waals surface area contributed by atoms with E-state index in [1.807, 2.05) is 20.0 Å². The Labute approximate surface area is 104 Å². The van der Waals surface area contributed by atoms with Gasteiger partial charge in [0, 0.05) is 23.5 Å². The molecule has 0 atom stereocenters. The molecule has 0 radical (unpaired) electrons. The van der Waals surface area contributed by atoms with Crippen LogP contribution in [0.5, 0.6) is 0 Å². The minimum Gasteiger partial charge on any atom is -0.236 e. The molecule has 0 spiro atoms. The van der Waals surface area contributed by atoms with Gasteiger partial charge in [-0.25, -0.2) is 13.9 Å². The van der Waals surface area contributed by atoms with Gasteiger partial charge in [0.25, 0.3) is 0 Å². The van der Waals surface area contributed by atoms with Crippen molar-refractivity contribution in [2.24, 2.45) is 0 Å². The molecule has 4 heteroatoms. The Balaban J connectivity index is 2.31. The summed E-state index contributed by atoms with van der Waals surface area (Å²) in [5.74, 6) is -0.263. The number of nitrogens with zero attached hydrogens (tertiary/aromatic N) is 3. The summed E-state index contributed by atoms with van der Waals surface area (Å²) >= 11 is 0. The third-order valence-electron chi connectivity index (χ3n) is 2.96. The fraction of sp³-hybridized carbons (Fsp3) is 0.143. The highest BCUT2D eigenvalue weighted by Crippen LogP contribution is 2.26. The van der Waals surface area contributed by atoms with Crippen LogP contribution >= 0.6 is 0 Å². The molecule has 0 fully saturated rings. The summed E-state index contributed by atoms with van der Waals surface area (Å²) in [6.07, 6.45) is 3.68. The van der Waals surface area contributed by atoms with Gasteiger partial charge in [0.1, 0.15) is 11.5 Å². The van der Waals surface area contributed by atoms with Crippen molar-refractivity contribution in [2.45, 2.75) is 13.8 Å². The maximum atomic E-state index is 13.8. The number of hydrogen-bond donors (Lipinski definition) is 0. The lowest BCUT2D eigenvalue weighted by atomic mass is 10.1. The summed E-state index contributed by atoms with van der Waals surface area (Å²) in [4.78, 5) is 4.33. The summed E-state index contributed by atoms with van der Waals surface area (Å²) in [5, 5.41) is 4.42. The van der Waals surface area contributed by atoms with Crippen LogP contribution in [0.25, 0.3) is 16.9 Å². The Bertz CT molecular complexity index is 731. The van der Waals surface area contributed by atoms with Crippen LogP contribution in [0.4, 0.5) is 4.39 Å². The number of fused-ring (bicyclic) bond motifs is 1. The summed E-state index contributed by atoms with van der Waals surface area (Å²) in [7, 11) is 0. The van der Waals surface area contributed by atoms with Gasteiger partial charge in [0.2, 0.25) is 0 Å². The predicted molar refractivity (Wildman–Crippen MR) is 67.9 cm³/mol. The molecule has 0 aliphatic heterocycles. The van der Waals surface area contributed by atoms with Crippen molar-refractivity contribution in [2.75, 3.05) is 0 Å². The molecule has 0 saturated heterocycles. The predicted octanol–water partition coefficient (Wildman–Crippen LogP) is 3.15. The topological polar surface area (TPSA) is 30.2 Å². The molecule has 3 nitrogen and oxygen atoms in total. The van der Waals surface area contributed by atoms with Crippen molar-refractivity contribution in [3.8, 4) is 11.3 Å². The van der Waals surface area contributed by atoms with Crippen LogP contribution < -0.4 is 0 Å². The van der Waals surface area contributed by atoms with E-state index < -0.39 is 0 Å². The first kappa shape index (κ1) is 10.9. The van der Waals surface area contributed by atoms with Gasteiger partial charge in [-0.2, -0.15) is 5.10 Å². The lowest BCUT2D eigenvalue weighted by Crippen LogP contribution is -1.91. The quantitative estimate of drug-likeness (QED) is 0.655. The summed E-state index contributed by atoms with van der Waals surface area (Å²) in [6.45, 7) is 3.86. The lowest BCUT2D eigenvalue weighted by Gasteiger charge is -1.99. The van der Waals surface area contributed by atoms with Gasteiger partial charge in [-0.3, -0.25) is 0 Å². The molecule has 0 unspecified atom stereocenters. The van der Waals surface area contributed by atoms with Gasteiger partial charge < -0.3 is 0 Å². The van der Waals surface area contributed by atoms with Crippen LogP contribution in [0.2, 0.25) is 0 Å². The summed E-state index contributed by atoms with van der Waals surface area (Å²) in [6, 6.07) is 6.65. The molecule has 90 valence electrons. The lowest BCUT2D eigenvalue weighted by molar-refractivity contribution is 0.630. The number of aromatic nitrogens is 3. The molecule has 2 aromatic heterocycles. The zero-order valence-electron chi connectivity index (χ0n) is 10.2. The van der Waals surface area contributed by atoms with E-state index in [1.165, 1.54) is 6.07 Å². The number of hydrogen-bond acceptors (Lipinski definition) is 2. The smallest absolute Gasteiger partial charge is 0.158 e. The number of aryl methyl sites for hydroxylation is 2. The maximum Gasteiger partial charge on any atom is 0.158 e. The van der Waals surface area contributed by atoms with Gasteiger partial charge in [-0.15, -0.1) is 0 Å². The van der Waals surface area contributed by atoms with Gasteiger partial charge in [-0.05, 0) is 31.5 Å². The zero-order chi connectivity index (χ0) is 12.7. The number of halogens is 1. The molecule has 0 N–H and O–H groups in total. The van der Waals surface area contributed by atoms with Crippen LogP contribution in [0, 0.1) is 19.7 Å². The van der Waals surface area contributed by atoms with E-state index in [1.54, 1.807) is 28.9 Å². The molecule has 18 heavy (non-hydrogen) atoms. The second-order valence-corrected chi connectivity index (χ2v) is 4.35. The minimum atomic E-state index is -0.263. The Hall–Kier alpha value is -2.23. The van der Waals surface area contributed by atoms with Crippen molar-refractivity contribution in [1.82, 2.24) is 14.6 Å². The van der Waals surface area contributed by atoms with Crippen LogP contribution in [0.3, 0.4) is 0 Å². The highest BCUT2D eigenvalue weighted by molar-refractivity contribution is 5.70. The molecule has 1 aromatic carbocycles. The first-order valence-electron chi connectivity index (χ1n) is 5.73. The van der Waals surface area contributed by atoms with Gasteiger partial charge in [0.05, 0.1) is 0 Å². The van der Waals surface area contributed by atoms with Crippen LogP contribution in [0.15, 0.2) is 36.7 Å². The monoisotopic (exact) mass is 241 g/mol. The molecule has 0 amide bonds. The summed E-state index contributed by atoms with van der Waals surface area (Å²) in [5.41, 5.74) is 3.83. The number of rotatable bonds is 1. The Morgan fingerprint density at radius 2 is 1.94 bits per heavy atom. The van der Waals surface area contributed by atoms with E-state index in [9.17, 15) is 4.39 Å². The summed E-state index contributed by atoms with van der Waals surface area (Å²) < 4.78 is 15.5. The van der Waals surface area contributed by atoms with Gasteiger partial charge in [0.15, 0.2) is 5.65 Å². The standard InChI is InChI=1S/C14H12FN3/c1-9-7-16-14-10(2)13(17-18(14)8-9)11-5-3-4-6-12(11)15/h3-8H,1-2H3. The fourth-order valence-electron chi connectivity index (χ4n) is 2.05. The molecule has 3 rings (SSSR count). The van der Waals surface area contributed by atoms with Crippen molar-refractivity contribution in [1.29, 1.82) is 0 Å². The van der Waals surface area contributed by atoms with E-state index in [-0.39, 0.29) is 5.82 Å². The van der Waals surface area contributed by atoms with Crippen molar-refractivity contribution in [3.05, 3.63) is 53.6 Å². The van der Waals surface area contributed by atoms with Crippen LogP contribution in [-0.2, 0) is 0 Å². The normalized spacial score (nSPS) is 11.1. The molecule has 0 aliphatic carbocycles. The zero-order valence-corrected chi connectivity index (χ0v) is 10.2. The fourth-order valence-corrected chi connectivity index (χ4v) is 2.05. The highest BCUT2D eigenvalue weighted by Gasteiger charge is 2.14. The average molecular weight is 241 g/mol. The second kappa shape index (κ2) is 3.91. The Kier molecular flexibility index (Phi) is 2.37. The SMILES string of the molecule is Cc1cnc2c(C)c(-c3ccccc3F)nn2c1. The van der Waals surface area contributed by atoms with Crippen LogP contribution in [-0.4, -0.2) is 14.6 Å². The molecular weight excluding hydrogens is 229 g/mol. The van der Waals surface area contributed by atoms with E-state index in [0.717, 1.165) is 16.8 Å². The van der Waals surface area contributed by atoms with Crippen molar-refractivity contribution in [3.63, 3.8) is 0 Å². The number of benzene rings is 1. The Morgan fingerprint density at radius 1 is 1.17 bits per heavy atom. The molecule has 3 aromatic rings. The molecule has 0 saturated carbocycles. The molecular formula is C14H12FN3. The third-order valence-corrected chi connectivity index (χ3v) is 2.96. The Morgan fingerprint density at radius 3 is 2.72 bits per heavy atom. The highest BCUT2D eigenvalue weighted by atomic mass is 19.1. The van der Waals surface area contributed by atoms with E-state index in [2.05, 4.69) is 10.1 Å². The molecule has 0 bridgehead atoms. The first-order chi connectivity index (χ1) is 8.66. The average Bonchev–Trinajstić information content (AvgIpc) is 2.67.